The van der Waals surface area contributed by atoms with Crippen LogP contribution in [0.4, 0.5) is 0 Å². The molecule has 0 aliphatic carbocycles. The average molecular weight is 265 g/mol. The summed E-state index contributed by atoms with van der Waals surface area (Å²) in [5.41, 5.74) is 0. The summed E-state index contributed by atoms with van der Waals surface area (Å²) in [7, 11) is -2.02. The van der Waals surface area contributed by atoms with Gasteiger partial charge in [0.2, 0.25) is 10.0 Å². The van der Waals surface area contributed by atoms with Gasteiger partial charge >= 0.3 is 0 Å². The van der Waals surface area contributed by atoms with Crippen LogP contribution in [0.3, 0.4) is 0 Å². The fourth-order valence-electron chi connectivity index (χ4n) is 1.03. The second-order valence-corrected chi connectivity index (χ2v) is 5.48. The molecule has 5 nitrogen and oxygen atoms in total. The van der Waals surface area contributed by atoms with Crippen LogP contribution >= 0.6 is 11.6 Å². The SMILES string of the molecule is COCC(Cl)CNS(=O)(=O)c1cccnc1. The van der Waals surface area contributed by atoms with E-state index < -0.39 is 15.4 Å². The van der Waals surface area contributed by atoms with Crippen molar-refractivity contribution in [1.82, 2.24) is 9.71 Å². The predicted octanol–water partition coefficient (Wildman–Crippen LogP) is 0.614. The van der Waals surface area contributed by atoms with Gasteiger partial charge in [-0.05, 0) is 12.1 Å². The Morgan fingerprint density at radius 2 is 2.38 bits per heavy atom. The summed E-state index contributed by atoms with van der Waals surface area (Å²) < 4.78 is 30.6. The second-order valence-electron chi connectivity index (χ2n) is 3.09. The molecule has 0 amide bonds. The quantitative estimate of drug-likeness (QED) is 0.765. The molecule has 0 saturated carbocycles. The monoisotopic (exact) mass is 264 g/mol. The molecule has 1 atom stereocenters. The zero-order valence-corrected chi connectivity index (χ0v) is 10.3. The van der Waals surface area contributed by atoms with Crippen molar-refractivity contribution in [3.63, 3.8) is 0 Å². The molecule has 16 heavy (non-hydrogen) atoms. The van der Waals surface area contributed by atoms with Crippen LogP contribution in [0.25, 0.3) is 0 Å². The summed E-state index contributed by atoms with van der Waals surface area (Å²) in [4.78, 5) is 3.86. The minimum absolute atomic E-state index is 0.118. The van der Waals surface area contributed by atoms with Gasteiger partial charge in [0.15, 0.2) is 0 Å². The number of nitrogens with one attached hydrogen (secondary N) is 1. The molecule has 0 radical (unpaired) electrons. The van der Waals surface area contributed by atoms with Crippen LogP contribution < -0.4 is 4.72 Å². The Morgan fingerprint density at radius 3 is 2.94 bits per heavy atom. The maximum absolute atomic E-state index is 11.7. The van der Waals surface area contributed by atoms with E-state index in [1.807, 2.05) is 0 Å². The first-order chi connectivity index (χ1) is 7.56. The van der Waals surface area contributed by atoms with E-state index in [0.29, 0.717) is 0 Å². The molecule has 0 bridgehead atoms. The molecule has 1 heterocycles. The van der Waals surface area contributed by atoms with Gasteiger partial charge in [-0.15, -0.1) is 11.6 Å². The van der Waals surface area contributed by atoms with Crippen LogP contribution in [0.5, 0.6) is 0 Å². The number of rotatable bonds is 6. The molecule has 0 saturated heterocycles. The Balaban J connectivity index is 2.60. The van der Waals surface area contributed by atoms with E-state index in [0.717, 1.165) is 0 Å². The van der Waals surface area contributed by atoms with E-state index in [-0.39, 0.29) is 18.0 Å². The van der Waals surface area contributed by atoms with Gasteiger partial charge in [-0.2, -0.15) is 0 Å². The molecule has 1 rings (SSSR count). The lowest BCUT2D eigenvalue weighted by molar-refractivity contribution is 0.198. The van der Waals surface area contributed by atoms with Crippen LogP contribution in [-0.4, -0.2) is 39.0 Å². The molecule has 1 unspecified atom stereocenters. The molecular formula is C9H13ClN2O3S. The molecule has 1 aromatic heterocycles. The minimum atomic E-state index is -3.53. The summed E-state index contributed by atoms with van der Waals surface area (Å²) in [5, 5.41) is -0.392. The Bertz CT molecular complexity index is 410. The summed E-state index contributed by atoms with van der Waals surface area (Å²) in [6.07, 6.45) is 2.79. The molecule has 7 heteroatoms. The van der Waals surface area contributed by atoms with Crippen molar-refractivity contribution in [2.45, 2.75) is 10.3 Å². The van der Waals surface area contributed by atoms with Crippen molar-refractivity contribution in [1.29, 1.82) is 0 Å². The second kappa shape index (κ2) is 6.15. The fourth-order valence-corrected chi connectivity index (χ4v) is 2.37. The number of ether oxygens (including phenoxy) is 1. The number of alkyl halides is 1. The van der Waals surface area contributed by atoms with E-state index in [1.165, 1.54) is 25.6 Å². The Morgan fingerprint density at radius 1 is 1.62 bits per heavy atom. The lowest BCUT2D eigenvalue weighted by atomic mass is 10.5. The first-order valence-electron chi connectivity index (χ1n) is 4.59. The maximum atomic E-state index is 11.7. The van der Waals surface area contributed by atoms with Gasteiger partial charge in [0.25, 0.3) is 0 Å². The maximum Gasteiger partial charge on any atom is 0.242 e. The number of nitrogens with zero attached hydrogens (tertiary/aromatic N) is 1. The van der Waals surface area contributed by atoms with Crippen LogP contribution in [0.15, 0.2) is 29.4 Å². The Labute approximate surface area is 99.8 Å². The van der Waals surface area contributed by atoms with Crippen LogP contribution in [0.1, 0.15) is 0 Å². The van der Waals surface area contributed by atoms with E-state index in [2.05, 4.69) is 9.71 Å². The highest BCUT2D eigenvalue weighted by molar-refractivity contribution is 7.89. The number of hydrogen-bond donors (Lipinski definition) is 1. The highest BCUT2D eigenvalue weighted by atomic mass is 35.5. The van der Waals surface area contributed by atoms with Gasteiger partial charge < -0.3 is 4.74 Å². The summed E-state index contributed by atoms with van der Waals surface area (Å²) in [5.74, 6) is 0. The molecule has 0 spiro atoms. The standard InChI is InChI=1S/C9H13ClN2O3S/c1-15-7-8(10)5-12-16(13,14)9-3-2-4-11-6-9/h2-4,6,8,12H,5,7H2,1H3. The third-order valence-electron chi connectivity index (χ3n) is 1.79. The third-order valence-corrected chi connectivity index (χ3v) is 3.48. The Kier molecular flexibility index (Phi) is 5.14. The van der Waals surface area contributed by atoms with E-state index >= 15 is 0 Å². The lowest BCUT2D eigenvalue weighted by Gasteiger charge is -2.10. The van der Waals surface area contributed by atoms with Crippen molar-refractivity contribution in [2.24, 2.45) is 0 Å². The Hall–Kier alpha value is -0.690. The van der Waals surface area contributed by atoms with E-state index in [1.54, 1.807) is 6.07 Å². The zero-order chi connectivity index (χ0) is 12.0. The molecule has 0 aliphatic heterocycles. The van der Waals surface area contributed by atoms with Gasteiger partial charge in [-0.1, -0.05) is 0 Å². The topological polar surface area (TPSA) is 68.3 Å². The van der Waals surface area contributed by atoms with Gasteiger partial charge in [0, 0.05) is 26.0 Å². The first kappa shape index (κ1) is 13.4. The normalized spacial score (nSPS) is 13.6. The molecule has 1 aromatic rings. The number of pyridine rings is 1. The minimum Gasteiger partial charge on any atom is -0.383 e. The number of hydrogen-bond acceptors (Lipinski definition) is 4. The van der Waals surface area contributed by atoms with E-state index in [9.17, 15) is 8.42 Å². The molecule has 1 N–H and O–H groups in total. The number of methoxy groups -OCH3 is 1. The largest absolute Gasteiger partial charge is 0.383 e. The molecular weight excluding hydrogens is 252 g/mol. The summed E-state index contributed by atoms with van der Waals surface area (Å²) >= 11 is 5.81. The van der Waals surface area contributed by atoms with Gasteiger partial charge in [0.1, 0.15) is 4.90 Å². The average Bonchev–Trinajstić information content (AvgIpc) is 2.28. The number of aromatic nitrogens is 1. The number of halogens is 1. The molecule has 90 valence electrons. The highest BCUT2D eigenvalue weighted by Gasteiger charge is 2.15. The summed E-state index contributed by atoms with van der Waals surface area (Å²) in [6.45, 7) is 0.406. The van der Waals surface area contributed by atoms with Gasteiger partial charge in [-0.25, -0.2) is 13.1 Å². The van der Waals surface area contributed by atoms with Crippen molar-refractivity contribution in [3.8, 4) is 0 Å². The fraction of sp³-hybridized carbons (Fsp3) is 0.444. The van der Waals surface area contributed by atoms with Crippen LogP contribution in [-0.2, 0) is 14.8 Å². The molecule has 0 aromatic carbocycles. The first-order valence-corrected chi connectivity index (χ1v) is 6.51. The molecule has 0 aliphatic rings. The highest BCUT2D eigenvalue weighted by Crippen LogP contribution is 2.06. The van der Waals surface area contributed by atoms with E-state index in [4.69, 9.17) is 16.3 Å². The zero-order valence-electron chi connectivity index (χ0n) is 8.76. The van der Waals surface area contributed by atoms with Gasteiger partial charge in [-0.3, -0.25) is 4.98 Å². The van der Waals surface area contributed by atoms with Crippen molar-refractivity contribution >= 4 is 21.6 Å². The van der Waals surface area contributed by atoms with Crippen LogP contribution in [0.2, 0.25) is 0 Å². The van der Waals surface area contributed by atoms with Crippen LogP contribution in [0, 0.1) is 0 Å². The van der Waals surface area contributed by atoms with Crippen molar-refractivity contribution in [2.75, 3.05) is 20.3 Å². The smallest absolute Gasteiger partial charge is 0.242 e. The van der Waals surface area contributed by atoms with Gasteiger partial charge in [0.05, 0.1) is 12.0 Å². The number of sulfonamides is 1. The lowest BCUT2D eigenvalue weighted by Crippen LogP contribution is -2.31. The third kappa shape index (κ3) is 4.05. The predicted molar refractivity (Wildman–Crippen MR) is 60.9 cm³/mol. The van der Waals surface area contributed by atoms with Crippen molar-refractivity contribution in [3.05, 3.63) is 24.5 Å². The summed E-state index contributed by atoms with van der Waals surface area (Å²) in [6, 6.07) is 3.02. The molecule has 0 fully saturated rings. The van der Waals surface area contributed by atoms with Crippen molar-refractivity contribution < 1.29 is 13.2 Å².